The van der Waals surface area contributed by atoms with Gasteiger partial charge in [0.25, 0.3) is 12.3 Å². The SMILES string of the molecule is CNC(=O)C=NOC.FC1N=CC=C(Cc2ccncn2)N1Cl. The Morgan fingerprint density at radius 1 is 1.65 bits per heavy atom. The maximum absolute atomic E-state index is 13.1. The van der Waals surface area contributed by atoms with Crippen LogP contribution < -0.4 is 5.32 Å². The molecule has 0 saturated heterocycles. The number of rotatable bonds is 4. The Bertz CT molecular complexity index is 581. The molecule has 1 unspecified atom stereocenters. The maximum Gasteiger partial charge on any atom is 0.280 e. The number of nitrogens with zero attached hydrogens (tertiary/aromatic N) is 5. The van der Waals surface area contributed by atoms with Gasteiger partial charge in [0.05, 0.1) is 0 Å². The number of nitrogens with one attached hydrogen (secondary N) is 1. The van der Waals surface area contributed by atoms with Gasteiger partial charge < -0.3 is 10.2 Å². The topological polar surface area (TPSA) is 92.1 Å². The second-order valence-electron chi connectivity index (χ2n) is 3.99. The molecule has 0 spiro atoms. The summed E-state index contributed by atoms with van der Waals surface area (Å²) in [5.41, 5.74) is 1.40. The van der Waals surface area contributed by atoms with E-state index in [4.69, 9.17) is 11.8 Å². The molecule has 0 aromatic carbocycles. The van der Waals surface area contributed by atoms with Crippen molar-refractivity contribution in [2.45, 2.75) is 12.8 Å². The molecule has 0 bridgehead atoms. The quantitative estimate of drug-likeness (QED) is 0.382. The van der Waals surface area contributed by atoms with E-state index in [0.29, 0.717) is 12.1 Å². The molecule has 2 rings (SSSR count). The van der Waals surface area contributed by atoms with Crippen LogP contribution in [0.25, 0.3) is 0 Å². The standard InChI is InChI=1S/C9H8ClFN4.C4H8N2O2/c10-15-8(2-4-13-9(15)11)5-7-1-3-12-6-14-7;1-5-4(7)3-6-8-2/h1-4,6,9H,5H2;3H,1-2H3,(H,5,7). The molecule has 1 aromatic heterocycles. The number of carbonyl (C=O) groups is 1. The number of aromatic nitrogens is 2. The molecule has 1 aliphatic heterocycles. The number of hydrogen-bond donors (Lipinski definition) is 1. The van der Waals surface area contributed by atoms with Crippen LogP contribution in [0.15, 0.2) is 40.5 Å². The summed E-state index contributed by atoms with van der Waals surface area (Å²) in [7, 11) is 2.89. The second-order valence-corrected chi connectivity index (χ2v) is 4.35. The lowest BCUT2D eigenvalue weighted by Crippen LogP contribution is -2.24. The summed E-state index contributed by atoms with van der Waals surface area (Å²) in [4.78, 5) is 25.8. The highest BCUT2D eigenvalue weighted by Crippen LogP contribution is 2.20. The van der Waals surface area contributed by atoms with E-state index in [2.05, 4.69) is 30.3 Å². The fraction of sp³-hybridized carbons (Fsp3) is 0.308. The number of carbonyl (C=O) groups excluding carboxylic acids is 1. The number of amides is 1. The smallest absolute Gasteiger partial charge is 0.280 e. The Hall–Kier alpha value is -2.55. The van der Waals surface area contributed by atoms with Crippen LogP contribution in [0.3, 0.4) is 0 Å². The van der Waals surface area contributed by atoms with Gasteiger partial charge in [-0.15, -0.1) is 0 Å². The van der Waals surface area contributed by atoms with E-state index in [1.807, 2.05) is 0 Å². The summed E-state index contributed by atoms with van der Waals surface area (Å²) in [6.07, 6.45) is 6.13. The number of alkyl halides is 1. The van der Waals surface area contributed by atoms with Gasteiger partial charge in [0.2, 0.25) is 0 Å². The average Bonchev–Trinajstić information content (AvgIpc) is 2.58. The molecular formula is C13H16ClFN6O2. The van der Waals surface area contributed by atoms with Crippen molar-refractivity contribution in [3.05, 3.63) is 36.1 Å². The van der Waals surface area contributed by atoms with Gasteiger partial charge in [0, 0.05) is 49.0 Å². The predicted molar refractivity (Wildman–Crippen MR) is 84.5 cm³/mol. The van der Waals surface area contributed by atoms with Gasteiger partial charge in [-0.2, -0.15) is 4.39 Å². The first kappa shape index (κ1) is 18.5. The summed E-state index contributed by atoms with van der Waals surface area (Å²) < 4.78 is 14.0. The fourth-order valence-electron chi connectivity index (χ4n) is 1.37. The van der Waals surface area contributed by atoms with Crippen LogP contribution in [0.1, 0.15) is 5.69 Å². The van der Waals surface area contributed by atoms with Crippen LogP contribution in [-0.4, -0.2) is 53.3 Å². The van der Waals surface area contributed by atoms with E-state index in [9.17, 15) is 9.18 Å². The highest BCUT2D eigenvalue weighted by Gasteiger charge is 2.19. The lowest BCUT2D eigenvalue weighted by molar-refractivity contribution is -0.114. The Labute approximate surface area is 137 Å². The Morgan fingerprint density at radius 3 is 3.04 bits per heavy atom. The van der Waals surface area contributed by atoms with Crippen LogP contribution in [0, 0.1) is 0 Å². The molecule has 23 heavy (non-hydrogen) atoms. The van der Waals surface area contributed by atoms with Crippen molar-refractivity contribution < 1.29 is 14.0 Å². The van der Waals surface area contributed by atoms with Crippen molar-refractivity contribution >= 4 is 30.1 Å². The van der Waals surface area contributed by atoms with Gasteiger partial charge in [0.15, 0.2) is 0 Å². The zero-order valence-corrected chi connectivity index (χ0v) is 13.3. The van der Waals surface area contributed by atoms with E-state index in [1.54, 1.807) is 18.3 Å². The largest absolute Gasteiger partial charge is 0.399 e. The summed E-state index contributed by atoms with van der Waals surface area (Å²) in [5.74, 6) is -0.271. The summed E-state index contributed by atoms with van der Waals surface area (Å²) in [5, 5.41) is 5.54. The molecule has 2 heterocycles. The van der Waals surface area contributed by atoms with Gasteiger partial charge in [-0.3, -0.25) is 4.79 Å². The minimum atomic E-state index is -1.52. The number of halogens is 2. The molecule has 124 valence electrons. The van der Waals surface area contributed by atoms with Crippen LogP contribution in [0.2, 0.25) is 0 Å². The minimum Gasteiger partial charge on any atom is -0.399 e. The fourth-order valence-corrected chi connectivity index (χ4v) is 1.54. The molecule has 0 saturated carbocycles. The van der Waals surface area contributed by atoms with Crippen LogP contribution >= 0.6 is 11.8 Å². The Morgan fingerprint density at radius 2 is 2.43 bits per heavy atom. The van der Waals surface area contributed by atoms with E-state index in [-0.39, 0.29) is 5.91 Å². The monoisotopic (exact) mass is 342 g/mol. The van der Waals surface area contributed by atoms with Crippen LogP contribution in [0.4, 0.5) is 4.39 Å². The molecule has 1 N–H and O–H groups in total. The average molecular weight is 343 g/mol. The molecule has 8 nitrogen and oxygen atoms in total. The second kappa shape index (κ2) is 10.2. The number of aliphatic imine (C=N–C) groups is 1. The highest BCUT2D eigenvalue weighted by molar-refractivity contribution is 6.25. The lowest BCUT2D eigenvalue weighted by atomic mass is 10.2. The van der Waals surface area contributed by atoms with Crippen LogP contribution in [0.5, 0.6) is 0 Å². The normalized spacial score (nSPS) is 16.4. The summed E-state index contributed by atoms with van der Waals surface area (Å²) in [6.45, 7) is 0. The first-order valence-electron chi connectivity index (χ1n) is 6.43. The van der Waals surface area contributed by atoms with Crippen molar-refractivity contribution in [2.24, 2.45) is 10.1 Å². The maximum atomic E-state index is 13.1. The van der Waals surface area contributed by atoms with E-state index >= 15 is 0 Å². The van der Waals surface area contributed by atoms with Gasteiger partial charge >= 0.3 is 0 Å². The molecule has 10 heteroatoms. The minimum absolute atomic E-state index is 0.271. The van der Waals surface area contributed by atoms with Crippen molar-refractivity contribution in [3.8, 4) is 0 Å². The van der Waals surface area contributed by atoms with E-state index in [1.165, 1.54) is 26.7 Å². The van der Waals surface area contributed by atoms with E-state index in [0.717, 1.165) is 16.3 Å². The van der Waals surface area contributed by atoms with Gasteiger partial charge in [-0.1, -0.05) is 5.16 Å². The molecular weight excluding hydrogens is 327 g/mol. The molecule has 0 radical (unpaired) electrons. The lowest BCUT2D eigenvalue weighted by Gasteiger charge is -2.22. The van der Waals surface area contributed by atoms with Crippen molar-refractivity contribution in [3.63, 3.8) is 0 Å². The van der Waals surface area contributed by atoms with Crippen LogP contribution in [-0.2, 0) is 16.1 Å². The molecule has 1 aliphatic rings. The van der Waals surface area contributed by atoms with Gasteiger partial charge in [-0.05, 0) is 12.1 Å². The van der Waals surface area contributed by atoms with Gasteiger partial charge in [0.1, 0.15) is 19.7 Å². The van der Waals surface area contributed by atoms with Crippen molar-refractivity contribution in [1.82, 2.24) is 19.7 Å². The molecule has 0 fully saturated rings. The molecule has 1 aromatic rings. The number of allylic oxidation sites excluding steroid dienone is 2. The summed E-state index contributed by atoms with van der Waals surface area (Å²) in [6, 6.07) is 1.75. The predicted octanol–water partition coefficient (Wildman–Crippen LogP) is 1.06. The first-order valence-corrected chi connectivity index (χ1v) is 6.76. The third-order valence-electron chi connectivity index (χ3n) is 2.46. The van der Waals surface area contributed by atoms with Gasteiger partial charge in [-0.25, -0.2) is 19.4 Å². The number of oxime groups is 1. The zero-order valence-electron chi connectivity index (χ0n) is 12.6. The molecule has 1 amide bonds. The van der Waals surface area contributed by atoms with E-state index < -0.39 is 6.42 Å². The third-order valence-corrected chi connectivity index (χ3v) is 2.84. The highest BCUT2D eigenvalue weighted by atomic mass is 35.5. The third kappa shape index (κ3) is 6.83. The molecule has 1 atom stereocenters. The Balaban J connectivity index is 0.000000284. The Kier molecular flexibility index (Phi) is 8.22. The number of hydrogen-bond acceptors (Lipinski definition) is 7. The van der Waals surface area contributed by atoms with Crippen molar-refractivity contribution in [2.75, 3.05) is 14.2 Å². The van der Waals surface area contributed by atoms with Crippen molar-refractivity contribution in [1.29, 1.82) is 0 Å². The zero-order chi connectivity index (χ0) is 17.1. The summed E-state index contributed by atoms with van der Waals surface area (Å²) >= 11 is 5.72. The molecule has 0 aliphatic carbocycles. The first-order chi connectivity index (χ1) is 11.1.